The second-order valence-electron chi connectivity index (χ2n) is 3.21. The average Bonchev–Trinajstić information content (AvgIpc) is 2.78. The van der Waals surface area contributed by atoms with Gasteiger partial charge < -0.3 is 25.4 Å². The van der Waals surface area contributed by atoms with Crippen molar-refractivity contribution in [2.45, 2.75) is 19.0 Å². The highest BCUT2D eigenvalue weighted by Crippen LogP contribution is 1.95. The van der Waals surface area contributed by atoms with Gasteiger partial charge in [-0.05, 0) is 0 Å². The van der Waals surface area contributed by atoms with Gasteiger partial charge in [0.1, 0.15) is 6.04 Å². The predicted octanol–water partition coefficient (Wildman–Crippen LogP) is -0.691. The third kappa shape index (κ3) is 4.51. The fraction of sp³-hybridized carbons (Fsp3) is 0.444. The van der Waals surface area contributed by atoms with E-state index in [1.807, 2.05) is 0 Å². The Morgan fingerprint density at radius 1 is 1.53 bits per heavy atom. The Balaban J connectivity index is 2.34. The molecular weight excluding hydrogens is 230 g/mol. The Hall–Kier alpha value is -2.09. The van der Waals surface area contributed by atoms with Crippen LogP contribution >= 0.6 is 0 Å². The molecule has 0 bridgehead atoms. The second-order valence-corrected chi connectivity index (χ2v) is 3.21. The number of nitrogens with one attached hydrogen (secondary N) is 2. The molecule has 1 aromatic heterocycles. The molecule has 0 saturated carbocycles. The summed E-state index contributed by atoms with van der Waals surface area (Å²) in [6.07, 6.45) is 1.38. The minimum Gasteiger partial charge on any atom is -0.480 e. The Bertz CT molecular complexity index is 365. The van der Waals surface area contributed by atoms with Crippen LogP contribution in [0.4, 0.5) is 4.79 Å². The summed E-state index contributed by atoms with van der Waals surface area (Å²) in [7, 11) is 0. The topological polar surface area (TPSA) is 125 Å². The van der Waals surface area contributed by atoms with Crippen molar-refractivity contribution in [3.63, 3.8) is 0 Å². The van der Waals surface area contributed by atoms with Crippen LogP contribution in [-0.4, -0.2) is 40.0 Å². The molecule has 0 unspecified atom stereocenters. The molecule has 0 aromatic carbocycles. The lowest BCUT2D eigenvalue weighted by Crippen LogP contribution is -2.46. The summed E-state index contributed by atoms with van der Waals surface area (Å²) in [5.41, 5.74) is 0. The number of carbonyl (C=O) groups excluding carboxylic acids is 1. The fourth-order valence-corrected chi connectivity index (χ4v) is 1.10. The molecule has 1 heterocycles. The summed E-state index contributed by atoms with van der Waals surface area (Å²) in [6, 6.07) is -0.195. The highest BCUT2D eigenvalue weighted by molar-refractivity contribution is 5.82. The number of hydrogen-bond acceptors (Lipinski definition) is 5. The van der Waals surface area contributed by atoms with Crippen molar-refractivity contribution < 1.29 is 24.3 Å². The Labute approximate surface area is 96.6 Å². The number of carboxylic acids is 1. The first-order chi connectivity index (χ1) is 8.13. The van der Waals surface area contributed by atoms with Crippen molar-refractivity contribution in [2.24, 2.45) is 0 Å². The second kappa shape index (κ2) is 6.48. The molecule has 0 aliphatic carbocycles. The minimum atomic E-state index is -1.20. The van der Waals surface area contributed by atoms with E-state index in [4.69, 9.17) is 14.7 Å². The summed E-state index contributed by atoms with van der Waals surface area (Å²) in [4.78, 5) is 22.0. The third-order valence-electron chi connectivity index (χ3n) is 1.94. The van der Waals surface area contributed by atoms with Gasteiger partial charge in [-0.25, -0.2) is 9.59 Å². The maximum absolute atomic E-state index is 11.3. The monoisotopic (exact) mass is 243 g/mol. The summed E-state index contributed by atoms with van der Waals surface area (Å²) < 4.78 is 4.74. The Morgan fingerprint density at radius 3 is 2.82 bits per heavy atom. The van der Waals surface area contributed by atoms with E-state index >= 15 is 0 Å². The van der Waals surface area contributed by atoms with Crippen LogP contribution in [0.3, 0.4) is 0 Å². The van der Waals surface area contributed by atoms with Crippen LogP contribution in [0.1, 0.15) is 12.2 Å². The van der Waals surface area contributed by atoms with Crippen molar-refractivity contribution >= 4 is 12.0 Å². The van der Waals surface area contributed by atoms with Crippen molar-refractivity contribution in [1.82, 2.24) is 15.8 Å². The smallest absolute Gasteiger partial charge is 0.326 e. The molecule has 1 aromatic rings. The molecule has 0 spiro atoms. The maximum Gasteiger partial charge on any atom is 0.326 e. The molecule has 0 saturated heterocycles. The first-order valence-electron chi connectivity index (χ1n) is 4.91. The number of aromatic nitrogens is 1. The molecule has 94 valence electrons. The van der Waals surface area contributed by atoms with E-state index in [9.17, 15) is 9.59 Å². The maximum atomic E-state index is 11.3. The molecule has 0 aliphatic heterocycles. The van der Waals surface area contributed by atoms with Crippen LogP contribution in [0, 0.1) is 0 Å². The highest BCUT2D eigenvalue weighted by atomic mass is 16.5. The minimum absolute atomic E-state index is 0.0505. The number of carbonyl (C=O) groups is 2. The zero-order chi connectivity index (χ0) is 12.7. The lowest BCUT2D eigenvalue weighted by molar-refractivity contribution is -0.139. The summed E-state index contributed by atoms with van der Waals surface area (Å²) in [5, 5.41) is 25.4. The lowest BCUT2D eigenvalue weighted by atomic mass is 10.2. The standard InChI is InChI=1S/C9H13N3O5/c13-4-2-7(8(14)15)12-9(16)10-5-6-1-3-11-17-6/h1,3,7,13H,2,4-5H2,(H,14,15)(H2,10,12,16)/t7-/m1/s1. The van der Waals surface area contributed by atoms with Crippen LogP contribution in [-0.2, 0) is 11.3 Å². The lowest BCUT2D eigenvalue weighted by Gasteiger charge is -2.13. The van der Waals surface area contributed by atoms with Crippen LogP contribution < -0.4 is 10.6 Å². The number of aliphatic hydroxyl groups is 1. The van der Waals surface area contributed by atoms with Gasteiger partial charge in [-0.1, -0.05) is 5.16 Å². The number of aliphatic carboxylic acids is 1. The fourth-order valence-electron chi connectivity index (χ4n) is 1.10. The number of nitrogens with zero attached hydrogens (tertiary/aromatic N) is 1. The van der Waals surface area contributed by atoms with E-state index in [-0.39, 0.29) is 19.6 Å². The van der Waals surface area contributed by atoms with Gasteiger partial charge in [0.25, 0.3) is 0 Å². The zero-order valence-corrected chi connectivity index (χ0v) is 8.92. The quantitative estimate of drug-likeness (QED) is 0.524. The molecule has 8 nitrogen and oxygen atoms in total. The van der Waals surface area contributed by atoms with Crippen molar-refractivity contribution in [1.29, 1.82) is 0 Å². The van der Waals surface area contributed by atoms with Crippen LogP contribution in [0.15, 0.2) is 16.8 Å². The molecule has 0 fully saturated rings. The van der Waals surface area contributed by atoms with Crippen LogP contribution in [0.25, 0.3) is 0 Å². The normalized spacial score (nSPS) is 11.8. The van der Waals surface area contributed by atoms with Gasteiger partial charge in [-0.3, -0.25) is 0 Å². The van der Waals surface area contributed by atoms with Gasteiger partial charge >= 0.3 is 12.0 Å². The van der Waals surface area contributed by atoms with E-state index in [1.54, 1.807) is 6.07 Å². The van der Waals surface area contributed by atoms with E-state index < -0.39 is 18.0 Å². The average molecular weight is 243 g/mol. The first kappa shape index (κ1) is 13.0. The van der Waals surface area contributed by atoms with Gasteiger partial charge in [0.15, 0.2) is 5.76 Å². The van der Waals surface area contributed by atoms with Gasteiger partial charge in [-0.2, -0.15) is 0 Å². The van der Waals surface area contributed by atoms with E-state index in [2.05, 4.69) is 15.8 Å². The molecule has 1 atom stereocenters. The Morgan fingerprint density at radius 2 is 2.29 bits per heavy atom. The third-order valence-corrected chi connectivity index (χ3v) is 1.94. The van der Waals surface area contributed by atoms with Crippen molar-refractivity contribution in [2.75, 3.05) is 6.61 Å². The first-order valence-corrected chi connectivity index (χ1v) is 4.91. The molecule has 1 rings (SSSR count). The SMILES string of the molecule is O=C(NCc1ccno1)N[C@H](CCO)C(=O)O. The van der Waals surface area contributed by atoms with Crippen LogP contribution in [0.2, 0.25) is 0 Å². The molecule has 0 radical (unpaired) electrons. The molecule has 4 N–H and O–H groups in total. The summed E-state index contributed by atoms with van der Waals surface area (Å²) >= 11 is 0. The molecular formula is C9H13N3O5. The molecule has 8 heteroatoms. The largest absolute Gasteiger partial charge is 0.480 e. The molecule has 17 heavy (non-hydrogen) atoms. The number of amides is 2. The highest BCUT2D eigenvalue weighted by Gasteiger charge is 2.18. The van der Waals surface area contributed by atoms with Crippen molar-refractivity contribution in [3.05, 3.63) is 18.0 Å². The molecule has 0 aliphatic rings. The number of rotatable bonds is 6. The van der Waals surface area contributed by atoms with Gasteiger partial charge in [0.2, 0.25) is 0 Å². The number of carboxylic acid groups (broad SMARTS) is 1. The zero-order valence-electron chi connectivity index (χ0n) is 8.92. The molecule has 2 amide bonds. The van der Waals surface area contributed by atoms with E-state index in [1.165, 1.54) is 6.20 Å². The summed E-state index contributed by atoms with van der Waals surface area (Å²) in [6.45, 7) is -0.212. The van der Waals surface area contributed by atoms with Gasteiger partial charge in [-0.15, -0.1) is 0 Å². The number of hydrogen-bond donors (Lipinski definition) is 4. The van der Waals surface area contributed by atoms with Gasteiger partial charge in [0.05, 0.1) is 12.7 Å². The number of aliphatic hydroxyl groups excluding tert-OH is 1. The van der Waals surface area contributed by atoms with E-state index in [0.717, 1.165) is 0 Å². The summed E-state index contributed by atoms with van der Waals surface area (Å²) in [5.74, 6) is -0.747. The van der Waals surface area contributed by atoms with Crippen LogP contribution in [0.5, 0.6) is 0 Å². The van der Waals surface area contributed by atoms with Gasteiger partial charge in [0, 0.05) is 19.1 Å². The van der Waals surface area contributed by atoms with Crippen molar-refractivity contribution in [3.8, 4) is 0 Å². The predicted molar refractivity (Wildman–Crippen MR) is 55.0 cm³/mol. The Kier molecular flexibility index (Phi) is 4.95. The van der Waals surface area contributed by atoms with E-state index in [0.29, 0.717) is 5.76 Å². The number of urea groups is 1.